The van der Waals surface area contributed by atoms with Crippen molar-refractivity contribution in [2.45, 2.75) is 48.9 Å². The second-order valence-electron chi connectivity index (χ2n) is 6.95. The number of hydrogen-bond acceptors (Lipinski definition) is 4. The molecule has 3 atom stereocenters. The first kappa shape index (κ1) is 19.4. The predicted molar refractivity (Wildman–Crippen MR) is 109 cm³/mol. The number of aromatic nitrogens is 3. The van der Waals surface area contributed by atoms with Gasteiger partial charge in [0.25, 0.3) is 0 Å². The summed E-state index contributed by atoms with van der Waals surface area (Å²) < 4.78 is 21.6. The molecular formula is C21H21ClFN3OS. The summed E-state index contributed by atoms with van der Waals surface area (Å²) in [6.45, 7) is 4.79. The Kier molecular flexibility index (Phi) is 5.45. The zero-order valence-corrected chi connectivity index (χ0v) is 17.3. The molecule has 2 heterocycles. The number of nitrogens with zero attached hydrogens (tertiary/aromatic N) is 3. The molecule has 0 aliphatic carbocycles. The van der Waals surface area contributed by atoms with Crippen LogP contribution in [-0.2, 0) is 16.9 Å². The van der Waals surface area contributed by atoms with Crippen LogP contribution in [0, 0.1) is 5.82 Å². The van der Waals surface area contributed by atoms with E-state index in [2.05, 4.69) is 23.9 Å². The quantitative estimate of drug-likeness (QED) is 0.369. The molecule has 1 unspecified atom stereocenters. The maximum absolute atomic E-state index is 13.5. The van der Waals surface area contributed by atoms with Crippen LogP contribution in [0.25, 0.3) is 0 Å². The van der Waals surface area contributed by atoms with Gasteiger partial charge in [0.1, 0.15) is 23.8 Å². The number of ether oxygens (including phenoxy) is 1. The number of epoxide rings is 1. The highest BCUT2D eigenvalue weighted by atomic mass is 35.5. The second-order valence-corrected chi connectivity index (χ2v) is 8.77. The number of hydrogen-bond donors (Lipinski definition) is 0. The molecule has 0 N–H and O–H groups in total. The summed E-state index contributed by atoms with van der Waals surface area (Å²) in [6, 6.07) is 14.1. The normalized spacial score (nSPS) is 22.2. The maximum atomic E-state index is 13.5. The standard InChI is InChI=1S/C21H21ClFN3OS/c1-3-14(2)28-20-24-13-25-26(20)12-21(15-8-10-16(23)11-9-15)19(27-21)17-6-4-5-7-18(17)22/h4-11,13-14,19H,3,12H2,1-2H3/t14?,19-,21+/m1/s1. The lowest BCUT2D eigenvalue weighted by atomic mass is 9.91. The molecule has 0 amide bonds. The topological polar surface area (TPSA) is 43.2 Å². The first-order valence-electron chi connectivity index (χ1n) is 9.26. The first-order chi connectivity index (χ1) is 13.5. The van der Waals surface area contributed by atoms with Gasteiger partial charge in [0.2, 0.25) is 0 Å². The Labute approximate surface area is 173 Å². The van der Waals surface area contributed by atoms with E-state index in [9.17, 15) is 4.39 Å². The van der Waals surface area contributed by atoms with E-state index in [0.717, 1.165) is 22.7 Å². The summed E-state index contributed by atoms with van der Waals surface area (Å²) in [5.41, 5.74) is 1.16. The van der Waals surface area contributed by atoms with Crippen LogP contribution in [-0.4, -0.2) is 20.0 Å². The molecule has 1 saturated heterocycles. The van der Waals surface area contributed by atoms with Gasteiger partial charge in [-0.15, -0.1) is 0 Å². The monoisotopic (exact) mass is 417 g/mol. The number of thioether (sulfide) groups is 1. The third-order valence-corrected chi connectivity index (χ3v) is 6.67. The number of benzene rings is 2. The van der Waals surface area contributed by atoms with E-state index in [1.807, 2.05) is 28.9 Å². The zero-order valence-electron chi connectivity index (χ0n) is 15.7. The summed E-state index contributed by atoms with van der Waals surface area (Å²) in [7, 11) is 0. The molecule has 28 heavy (non-hydrogen) atoms. The fraction of sp³-hybridized carbons (Fsp3) is 0.333. The largest absolute Gasteiger partial charge is 0.354 e. The summed E-state index contributed by atoms with van der Waals surface area (Å²) in [6.07, 6.45) is 2.38. The number of rotatable bonds is 7. The molecule has 0 saturated carbocycles. The van der Waals surface area contributed by atoms with Crippen molar-refractivity contribution in [2.24, 2.45) is 0 Å². The van der Waals surface area contributed by atoms with Crippen LogP contribution < -0.4 is 0 Å². The highest BCUT2D eigenvalue weighted by molar-refractivity contribution is 7.99. The van der Waals surface area contributed by atoms with Gasteiger partial charge >= 0.3 is 0 Å². The Bertz CT molecular complexity index is 964. The van der Waals surface area contributed by atoms with Gasteiger partial charge in [-0.25, -0.2) is 14.1 Å². The lowest BCUT2D eigenvalue weighted by molar-refractivity contribution is 0.256. The summed E-state index contributed by atoms with van der Waals surface area (Å²) in [4.78, 5) is 4.41. The van der Waals surface area contributed by atoms with E-state index in [1.54, 1.807) is 30.2 Å². The molecule has 1 aliphatic heterocycles. The Morgan fingerprint density at radius 2 is 2.00 bits per heavy atom. The van der Waals surface area contributed by atoms with Crippen LogP contribution in [0.15, 0.2) is 60.0 Å². The number of halogens is 2. The van der Waals surface area contributed by atoms with Gasteiger partial charge in [-0.2, -0.15) is 5.10 Å². The summed E-state index contributed by atoms with van der Waals surface area (Å²) in [5.74, 6) is -0.275. The van der Waals surface area contributed by atoms with Gasteiger partial charge < -0.3 is 4.74 Å². The Morgan fingerprint density at radius 3 is 2.71 bits per heavy atom. The van der Waals surface area contributed by atoms with Gasteiger partial charge in [0, 0.05) is 15.8 Å². The van der Waals surface area contributed by atoms with E-state index in [1.165, 1.54) is 12.1 Å². The van der Waals surface area contributed by atoms with E-state index in [-0.39, 0.29) is 11.9 Å². The Balaban J connectivity index is 1.69. The third-order valence-electron chi connectivity index (χ3n) is 5.06. The summed E-state index contributed by atoms with van der Waals surface area (Å²) in [5, 5.41) is 6.36. The van der Waals surface area contributed by atoms with Gasteiger partial charge in [-0.05, 0) is 30.2 Å². The van der Waals surface area contributed by atoms with Gasteiger partial charge in [0.05, 0.1) is 6.54 Å². The van der Waals surface area contributed by atoms with Gasteiger partial charge in [0.15, 0.2) is 5.16 Å². The lowest BCUT2D eigenvalue weighted by Crippen LogP contribution is -2.21. The van der Waals surface area contributed by atoms with E-state index in [0.29, 0.717) is 16.8 Å². The second kappa shape index (κ2) is 7.85. The average Bonchev–Trinajstić information content (AvgIpc) is 3.26. The highest BCUT2D eigenvalue weighted by Gasteiger charge is 2.59. The van der Waals surface area contributed by atoms with Gasteiger partial charge in [-0.1, -0.05) is 67.5 Å². The molecule has 146 valence electrons. The van der Waals surface area contributed by atoms with Crippen LogP contribution in [0.4, 0.5) is 4.39 Å². The van der Waals surface area contributed by atoms with Crippen LogP contribution >= 0.6 is 23.4 Å². The molecule has 1 aromatic heterocycles. The molecule has 0 radical (unpaired) electrons. The SMILES string of the molecule is CCC(C)Sc1ncnn1C[C@@]1(c2ccc(F)cc2)O[C@@H]1c1ccccc1Cl. The van der Waals surface area contributed by atoms with Crippen LogP contribution in [0.5, 0.6) is 0 Å². The van der Waals surface area contributed by atoms with Crippen LogP contribution in [0.3, 0.4) is 0 Å². The smallest absolute Gasteiger partial charge is 0.186 e. The van der Waals surface area contributed by atoms with Crippen molar-refractivity contribution in [2.75, 3.05) is 0 Å². The molecule has 1 fully saturated rings. The van der Waals surface area contributed by atoms with E-state index in [4.69, 9.17) is 16.3 Å². The molecular weight excluding hydrogens is 397 g/mol. The third kappa shape index (κ3) is 3.69. The van der Waals surface area contributed by atoms with Crippen LogP contribution in [0.2, 0.25) is 5.02 Å². The fourth-order valence-corrected chi connectivity index (χ4v) is 4.38. The van der Waals surface area contributed by atoms with Crippen molar-refractivity contribution < 1.29 is 9.13 Å². The lowest BCUT2D eigenvalue weighted by Gasteiger charge is -2.16. The minimum Gasteiger partial charge on any atom is -0.354 e. The Morgan fingerprint density at radius 1 is 1.25 bits per heavy atom. The van der Waals surface area contributed by atoms with Crippen molar-refractivity contribution in [3.63, 3.8) is 0 Å². The first-order valence-corrected chi connectivity index (χ1v) is 10.5. The summed E-state index contributed by atoms with van der Waals surface area (Å²) >= 11 is 8.11. The van der Waals surface area contributed by atoms with Crippen molar-refractivity contribution in [3.05, 3.63) is 76.8 Å². The highest BCUT2D eigenvalue weighted by Crippen LogP contribution is 2.59. The van der Waals surface area contributed by atoms with E-state index < -0.39 is 5.60 Å². The van der Waals surface area contributed by atoms with Crippen molar-refractivity contribution in [3.8, 4) is 0 Å². The molecule has 4 rings (SSSR count). The van der Waals surface area contributed by atoms with Crippen molar-refractivity contribution in [1.29, 1.82) is 0 Å². The molecule has 4 nitrogen and oxygen atoms in total. The van der Waals surface area contributed by atoms with Crippen LogP contribution in [0.1, 0.15) is 37.5 Å². The molecule has 0 bridgehead atoms. The Hall–Kier alpha value is -1.89. The van der Waals surface area contributed by atoms with Crippen molar-refractivity contribution in [1.82, 2.24) is 14.8 Å². The average molecular weight is 418 g/mol. The van der Waals surface area contributed by atoms with Crippen molar-refractivity contribution >= 4 is 23.4 Å². The van der Waals surface area contributed by atoms with E-state index >= 15 is 0 Å². The fourth-order valence-electron chi connectivity index (χ4n) is 3.28. The molecule has 7 heteroatoms. The predicted octanol–water partition coefficient (Wildman–Crippen LogP) is 5.63. The molecule has 0 spiro atoms. The zero-order chi connectivity index (χ0) is 19.7. The van der Waals surface area contributed by atoms with Gasteiger partial charge in [-0.3, -0.25) is 0 Å². The molecule has 3 aromatic rings. The molecule has 1 aliphatic rings. The maximum Gasteiger partial charge on any atom is 0.186 e. The molecule has 2 aromatic carbocycles. The minimum absolute atomic E-state index is 0.225. The minimum atomic E-state index is -0.656.